The van der Waals surface area contributed by atoms with Gasteiger partial charge in [-0.25, -0.2) is 4.79 Å². The molecule has 174 valence electrons. The highest BCUT2D eigenvalue weighted by atomic mass is 35.5. The molecule has 0 fully saturated rings. The molecule has 0 aliphatic heterocycles. The Kier molecular flexibility index (Phi) is 8.38. The fourth-order valence-electron chi connectivity index (χ4n) is 4.25. The van der Waals surface area contributed by atoms with Crippen LogP contribution in [0.5, 0.6) is 5.75 Å². The number of halogens is 2. The second kappa shape index (κ2) is 11.0. The van der Waals surface area contributed by atoms with Crippen LogP contribution in [0.4, 0.5) is 0 Å². The van der Waals surface area contributed by atoms with Crippen molar-refractivity contribution < 1.29 is 19.7 Å². The van der Waals surface area contributed by atoms with Crippen molar-refractivity contribution in [3.8, 4) is 16.9 Å². The number of hydrogen-bond acceptors (Lipinski definition) is 4. The van der Waals surface area contributed by atoms with E-state index in [0.29, 0.717) is 17.3 Å². The number of aryl methyl sites for hydroxylation is 1. The van der Waals surface area contributed by atoms with Crippen molar-refractivity contribution in [3.63, 3.8) is 0 Å². The molecule has 33 heavy (non-hydrogen) atoms. The lowest BCUT2D eigenvalue weighted by molar-refractivity contribution is 0.0693. The van der Waals surface area contributed by atoms with Crippen LogP contribution in [0.25, 0.3) is 11.1 Å². The number of hydrogen-bond donors (Lipinski definition) is 3. The summed E-state index contributed by atoms with van der Waals surface area (Å²) in [5.74, 6) is -0.659. The minimum Gasteiger partial charge on any atom is -0.496 e. The van der Waals surface area contributed by atoms with Crippen LogP contribution >= 0.6 is 24.0 Å². The fraction of sp³-hybridized carbons (Fsp3) is 0.269. The van der Waals surface area contributed by atoms with Crippen LogP contribution in [0.15, 0.2) is 60.7 Å². The molecular formula is C26H27Cl2NO4. The lowest BCUT2D eigenvalue weighted by atomic mass is 9.86. The van der Waals surface area contributed by atoms with Crippen molar-refractivity contribution in [3.05, 3.63) is 87.9 Å². The molecule has 3 aromatic rings. The number of carboxylic acid groups (broad SMARTS) is 1. The summed E-state index contributed by atoms with van der Waals surface area (Å²) >= 11 is 5.93. The van der Waals surface area contributed by atoms with Crippen molar-refractivity contribution in [1.82, 2.24) is 5.32 Å². The lowest BCUT2D eigenvalue weighted by Gasteiger charge is -2.27. The lowest BCUT2D eigenvalue weighted by Crippen LogP contribution is -2.37. The maximum Gasteiger partial charge on any atom is 0.339 e. The zero-order valence-corrected chi connectivity index (χ0v) is 19.8. The Balaban J connectivity index is 0.00000306. The van der Waals surface area contributed by atoms with E-state index in [1.54, 1.807) is 24.3 Å². The Morgan fingerprint density at radius 2 is 1.79 bits per heavy atom. The Bertz CT molecular complexity index is 1120. The molecule has 3 aromatic carbocycles. The molecule has 1 aliphatic carbocycles. The fourth-order valence-corrected chi connectivity index (χ4v) is 4.37. The summed E-state index contributed by atoms with van der Waals surface area (Å²) in [6.07, 6.45) is 2.24. The van der Waals surface area contributed by atoms with E-state index in [0.717, 1.165) is 36.0 Å². The van der Waals surface area contributed by atoms with E-state index in [2.05, 4.69) is 17.4 Å². The minimum absolute atomic E-state index is 0. The number of carboxylic acids is 1. The summed E-state index contributed by atoms with van der Waals surface area (Å²) in [7, 11) is 1.47. The van der Waals surface area contributed by atoms with Gasteiger partial charge in [0.1, 0.15) is 11.3 Å². The first-order valence-electron chi connectivity index (χ1n) is 10.6. The number of fused-ring (bicyclic) bond motifs is 1. The number of nitrogens with one attached hydrogen (secondary N) is 1. The highest BCUT2D eigenvalue weighted by Gasteiger charge is 2.20. The highest BCUT2D eigenvalue weighted by Crippen LogP contribution is 2.31. The molecule has 0 aromatic heterocycles. The van der Waals surface area contributed by atoms with Gasteiger partial charge in [0.05, 0.1) is 13.2 Å². The van der Waals surface area contributed by atoms with Crippen LogP contribution in [0.2, 0.25) is 5.02 Å². The maximum absolute atomic E-state index is 11.6. The molecule has 0 amide bonds. The smallest absolute Gasteiger partial charge is 0.339 e. The zero-order valence-electron chi connectivity index (χ0n) is 18.3. The van der Waals surface area contributed by atoms with Crippen LogP contribution in [-0.4, -0.2) is 35.9 Å². The molecule has 0 saturated heterocycles. The molecule has 0 bridgehead atoms. The van der Waals surface area contributed by atoms with Crippen molar-refractivity contribution in [2.45, 2.75) is 31.4 Å². The molecule has 0 unspecified atom stereocenters. The maximum atomic E-state index is 11.6. The molecule has 0 heterocycles. The number of aliphatic hydroxyl groups excluding tert-OH is 1. The van der Waals surface area contributed by atoms with E-state index in [1.807, 2.05) is 24.3 Å². The summed E-state index contributed by atoms with van der Waals surface area (Å²) in [4.78, 5) is 11.6. The zero-order chi connectivity index (χ0) is 22.7. The average molecular weight is 488 g/mol. The van der Waals surface area contributed by atoms with Gasteiger partial charge >= 0.3 is 5.97 Å². The third-order valence-corrected chi connectivity index (χ3v) is 6.30. The number of rotatable bonds is 7. The standard InChI is InChI=1S/C26H26ClNO4.ClH/c1-32-25-11-7-19(14-23(25)26(30)31)18-3-2-16-6-10-22(13-20(16)12-18)28-15-24(29)17-4-8-21(27)9-5-17;/h2-5,7-9,11-12,14,22,24,28-29H,6,10,13,15H2,1H3,(H,30,31);1H/t22-,24-;/m0./s1. The van der Waals surface area contributed by atoms with Crippen molar-refractivity contribution in [2.75, 3.05) is 13.7 Å². The van der Waals surface area contributed by atoms with E-state index in [1.165, 1.54) is 18.2 Å². The molecule has 5 nitrogen and oxygen atoms in total. The second-order valence-corrected chi connectivity index (χ2v) is 8.56. The first-order valence-corrected chi connectivity index (χ1v) is 11.0. The molecular weight excluding hydrogens is 461 g/mol. The molecule has 7 heteroatoms. The molecule has 3 N–H and O–H groups in total. The van der Waals surface area contributed by atoms with Gasteiger partial charge in [-0.05, 0) is 71.3 Å². The Morgan fingerprint density at radius 3 is 2.48 bits per heavy atom. The van der Waals surface area contributed by atoms with Crippen LogP contribution < -0.4 is 10.1 Å². The number of ether oxygens (including phenoxy) is 1. The molecule has 1 aliphatic rings. The van der Waals surface area contributed by atoms with Gasteiger partial charge in [0, 0.05) is 17.6 Å². The quantitative estimate of drug-likeness (QED) is 0.420. The topological polar surface area (TPSA) is 78.8 Å². The van der Waals surface area contributed by atoms with Crippen LogP contribution in [0.1, 0.15) is 39.6 Å². The first-order chi connectivity index (χ1) is 15.4. The molecule has 0 radical (unpaired) electrons. The van der Waals surface area contributed by atoms with Crippen LogP contribution in [-0.2, 0) is 12.8 Å². The summed E-state index contributed by atoms with van der Waals surface area (Å²) in [6, 6.07) is 19.1. The summed E-state index contributed by atoms with van der Waals surface area (Å²) < 4.78 is 5.17. The number of aliphatic hydroxyl groups is 1. The van der Waals surface area contributed by atoms with Gasteiger partial charge in [0.15, 0.2) is 0 Å². The number of carbonyl (C=O) groups is 1. The van der Waals surface area contributed by atoms with E-state index < -0.39 is 12.1 Å². The second-order valence-electron chi connectivity index (χ2n) is 8.12. The number of benzene rings is 3. The van der Waals surface area contributed by atoms with E-state index in [-0.39, 0.29) is 24.0 Å². The van der Waals surface area contributed by atoms with Gasteiger partial charge in [0.25, 0.3) is 0 Å². The minimum atomic E-state index is -1.01. The number of methoxy groups -OCH3 is 1. The van der Waals surface area contributed by atoms with Crippen molar-refractivity contribution in [1.29, 1.82) is 0 Å². The molecule has 4 rings (SSSR count). The molecule has 0 spiro atoms. The Labute approximate surface area is 204 Å². The number of aromatic carboxylic acids is 1. The van der Waals surface area contributed by atoms with Crippen LogP contribution in [0, 0.1) is 0 Å². The van der Waals surface area contributed by atoms with E-state index in [4.69, 9.17) is 16.3 Å². The molecule has 0 saturated carbocycles. The predicted molar refractivity (Wildman–Crippen MR) is 133 cm³/mol. The first kappa shape index (κ1) is 25.1. The van der Waals surface area contributed by atoms with Gasteiger partial charge < -0.3 is 20.3 Å². The predicted octanol–water partition coefficient (Wildman–Crippen LogP) is 5.32. The van der Waals surface area contributed by atoms with Gasteiger partial charge in [-0.1, -0.05) is 48.0 Å². The van der Waals surface area contributed by atoms with Gasteiger partial charge in [-0.2, -0.15) is 0 Å². The largest absolute Gasteiger partial charge is 0.496 e. The van der Waals surface area contributed by atoms with Gasteiger partial charge in [-0.15, -0.1) is 12.4 Å². The third kappa shape index (κ3) is 5.87. The van der Waals surface area contributed by atoms with Gasteiger partial charge in [-0.3, -0.25) is 0 Å². The average Bonchev–Trinajstić information content (AvgIpc) is 2.82. The summed E-state index contributed by atoms with van der Waals surface area (Å²) in [5, 5.41) is 24.1. The third-order valence-electron chi connectivity index (χ3n) is 6.05. The molecule has 2 atom stereocenters. The van der Waals surface area contributed by atoms with E-state index in [9.17, 15) is 15.0 Å². The monoisotopic (exact) mass is 487 g/mol. The van der Waals surface area contributed by atoms with Crippen molar-refractivity contribution in [2.24, 2.45) is 0 Å². The van der Waals surface area contributed by atoms with Gasteiger partial charge in [0.2, 0.25) is 0 Å². The summed E-state index contributed by atoms with van der Waals surface area (Å²) in [5.41, 5.74) is 5.39. The Morgan fingerprint density at radius 1 is 1.09 bits per heavy atom. The Hall–Kier alpha value is -2.57. The summed E-state index contributed by atoms with van der Waals surface area (Å²) in [6.45, 7) is 0.474. The van der Waals surface area contributed by atoms with Crippen LogP contribution in [0.3, 0.4) is 0 Å². The normalized spacial score (nSPS) is 15.8. The van der Waals surface area contributed by atoms with Crippen molar-refractivity contribution >= 4 is 30.0 Å². The SMILES string of the molecule is COc1ccc(-c2ccc3c(c2)C[C@@H](NC[C@H](O)c2ccc(Cl)cc2)CC3)cc1C(=O)O.Cl. The van der Waals surface area contributed by atoms with E-state index >= 15 is 0 Å². The highest BCUT2D eigenvalue weighted by molar-refractivity contribution is 6.30.